The molecule has 0 saturated carbocycles. The van der Waals surface area contributed by atoms with Crippen molar-refractivity contribution in [3.63, 3.8) is 0 Å². The molecule has 0 bridgehead atoms. The van der Waals surface area contributed by atoms with Crippen molar-refractivity contribution in [2.75, 3.05) is 12.3 Å². The normalized spacial score (nSPS) is 10.9. The maximum Gasteiger partial charge on any atom is 0.121 e. The number of ether oxygens (including phenoxy) is 1. The summed E-state index contributed by atoms with van der Waals surface area (Å²) >= 11 is 0. The van der Waals surface area contributed by atoms with Crippen molar-refractivity contribution >= 4 is 16.7 Å². The summed E-state index contributed by atoms with van der Waals surface area (Å²) in [5.74, 6) is 1.79. The first-order valence-electron chi connectivity index (χ1n) is 6.67. The number of hydrogen-bond acceptors (Lipinski definition) is 3. The molecular weight excluding hydrogens is 250 g/mol. The summed E-state index contributed by atoms with van der Waals surface area (Å²) in [5.41, 5.74) is 9.54. The monoisotopic (exact) mass is 267 g/mol. The van der Waals surface area contributed by atoms with Crippen LogP contribution in [0.25, 0.3) is 16.7 Å². The number of nitrogens with zero attached hydrogens (tertiary/aromatic N) is 2. The molecule has 3 rings (SSSR count). The molecule has 3 aromatic rings. The number of nitrogens with two attached hydrogens (primary N) is 1. The Morgan fingerprint density at radius 1 is 1.20 bits per heavy atom. The fourth-order valence-corrected chi connectivity index (χ4v) is 2.42. The fraction of sp³-hybridized carbons (Fsp3) is 0.188. The summed E-state index contributed by atoms with van der Waals surface area (Å²) in [5, 5.41) is 0. The van der Waals surface area contributed by atoms with Gasteiger partial charge in [-0.2, -0.15) is 0 Å². The van der Waals surface area contributed by atoms with E-state index in [2.05, 4.69) is 9.55 Å². The molecule has 0 radical (unpaired) electrons. The second-order valence-electron chi connectivity index (χ2n) is 4.67. The van der Waals surface area contributed by atoms with E-state index in [0.717, 1.165) is 34.0 Å². The Morgan fingerprint density at radius 2 is 2.05 bits per heavy atom. The van der Waals surface area contributed by atoms with E-state index >= 15 is 0 Å². The Labute approximate surface area is 117 Å². The maximum absolute atomic E-state index is 5.82. The van der Waals surface area contributed by atoms with Crippen molar-refractivity contribution in [1.82, 2.24) is 9.55 Å². The summed E-state index contributed by atoms with van der Waals surface area (Å²) in [7, 11) is 0. The lowest BCUT2D eigenvalue weighted by Gasteiger charge is -2.09. The van der Waals surface area contributed by atoms with Crippen LogP contribution in [0.15, 0.2) is 42.5 Å². The van der Waals surface area contributed by atoms with Crippen LogP contribution >= 0.6 is 0 Å². The van der Waals surface area contributed by atoms with Gasteiger partial charge < -0.3 is 10.5 Å². The second kappa shape index (κ2) is 4.89. The number of fused-ring (bicyclic) bond motifs is 1. The molecule has 0 fully saturated rings. The predicted molar refractivity (Wildman–Crippen MR) is 81.4 cm³/mol. The van der Waals surface area contributed by atoms with Gasteiger partial charge in [-0.1, -0.05) is 6.07 Å². The van der Waals surface area contributed by atoms with E-state index in [1.54, 1.807) is 0 Å². The van der Waals surface area contributed by atoms with E-state index in [4.69, 9.17) is 10.5 Å². The fourth-order valence-electron chi connectivity index (χ4n) is 2.42. The number of hydrogen-bond donors (Lipinski definition) is 1. The lowest BCUT2D eigenvalue weighted by molar-refractivity contribution is 0.340. The third-order valence-corrected chi connectivity index (χ3v) is 3.23. The lowest BCUT2D eigenvalue weighted by Crippen LogP contribution is -1.98. The topological polar surface area (TPSA) is 53.1 Å². The van der Waals surface area contributed by atoms with Gasteiger partial charge in [-0.25, -0.2) is 4.98 Å². The zero-order chi connectivity index (χ0) is 14.1. The van der Waals surface area contributed by atoms with Crippen LogP contribution in [0.4, 0.5) is 5.69 Å². The van der Waals surface area contributed by atoms with E-state index in [9.17, 15) is 0 Å². The van der Waals surface area contributed by atoms with Gasteiger partial charge in [0.15, 0.2) is 0 Å². The van der Waals surface area contributed by atoms with Crippen molar-refractivity contribution in [3.8, 4) is 11.4 Å². The first-order valence-corrected chi connectivity index (χ1v) is 6.67. The molecule has 0 atom stereocenters. The molecular formula is C16H17N3O. The zero-order valence-corrected chi connectivity index (χ0v) is 11.6. The molecule has 4 heteroatoms. The molecule has 0 spiro atoms. The Bertz CT molecular complexity index is 762. The van der Waals surface area contributed by atoms with E-state index < -0.39 is 0 Å². The molecule has 0 aliphatic carbocycles. The first kappa shape index (κ1) is 12.5. The summed E-state index contributed by atoms with van der Waals surface area (Å²) in [4.78, 5) is 4.57. The minimum Gasteiger partial charge on any atom is -0.494 e. The summed E-state index contributed by atoms with van der Waals surface area (Å²) in [6.07, 6.45) is 0. The molecule has 2 aromatic carbocycles. The molecule has 0 aliphatic rings. The summed E-state index contributed by atoms with van der Waals surface area (Å²) < 4.78 is 7.67. The highest BCUT2D eigenvalue weighted by atomic mass is 16.5. The molecule has 0 unspecified atom stereocenters. The minimum atomic E-state index is 0.656. The quantitative estimate of drug-likeness (QED) is 0.741. The largest absolute Gasteiger partial charge is 0.494 e. The highest BCUT2D eigenvalue weighted by Crippen LogP contribution is 2.25. The summed E-state index contributed by atoms with van der Waals surface area (Å²) in [6.45, 7) is 4.63. The number of anilines is 1. The zero-order valence-electron chi connectivity index (χ0n) is 11.6. The van der Waals surface area contributed by atoms with Crippen LogP contribution in [0.1, 0.15) is 12.7 Å². The van der Waals surface area contributed by atoms with Crippen LogP contribution in [-0.4, -0.2) is 16.2 Å². The van der Waals surface area contributed by atoms with Gasteiger partial charge in [-0.05, 0) is 44.2 Å². The molecule has 1 heterocycles. The van der Waals surface area contributed by atoms with Gasteiger partial charge in [-0.15, -0.1) is 0 Å². The minimum absolute atomic E-state index is 0.656. The molecule has 2 N–H and O–H groups in total. The van der Waals surface area contributed by atoms with Gasteiger partial charge in [0, 0.05) is 11.8 Å². The average Bonchev–Trinajstić information content (AvgIpc) is 2.74. The molecule has 102 valence electrons. The lowest BCUT2D eigenvalue weighted by atomic mass is 10.2. The van der Waals surface area contributed by atoms with Crippen molar-refractivity contribution in [2.45, 2.75) is 13.8 Å². The van der Waals surface area contributed by atoms with Crippen molar-refractivity contribution in [1.29, 1.82) is 0 Å². The maximum atomic E-state index is 5.82. The van der Waals surface area contributed by atoms with Gasteiger partial charge in [0.05, 0.1) is 23.3 Å². The SMILES string of the molecule is CCOc1cccc(-n2c(C)nc3cc(N)ccc32)c1. The van der Waals surface area contributed by atoms with E-state index in [1.807, 2.05) is 56.3 Å². The Hall–Kier alpha value is -2.49. The van der Waals surface area contributed by atoms with Gasteiger partial charge in [0.2, 0.25) is 0 Å². The van der Waals surface area contributed by atoms with Crippen LogP contribution in [0.3, 0.4) is 0 Å². The highest BCUT2D eigenvalue weighted by molar-refractivity contribution is 5.81. The number of imidazole rings is 1. The van der Waals surface area contributed by atoms with Crippen LogP contribution < -0.4 is 10.5 Å². The molecule has 1 aromatic heterocycles. The summed E-state index contributed by atoms with van der Waals surface area (Å²) in [6, 6.07) is 13.8. The number of nitrogen functional groups attached to an aromatic ring is 1. The number of aryl methyl sites for hydroxylation is 1. The van der Waals surface area contributed by atoms with Crippen LogP contribution in [0.5, 0.6) is 5.75 Å². The Morgan fingerprint density at radius 3 is 2.85 bits per heavy atom. The average molecular weight is 267 g/mol. The molecule has 0 saturated heterocycles. The van der Waals surface area contributed by atoms with Crippen molar-refractivity contribution in [2.24, 2.45) is 0 Å². The molecule has 20 heavy (non-hydrogen) atoms. The standard InChI is InChI=1S/C16H17N3O/c1-3-20-14-6-4-5-13(10-14)19-11(2)18-15-9-12(17)7-8-16(15)19/h4-10H,3,17H2,1-2H3. The van der Waals surface area contributed by atoms with Crippen LogP contribution in [-0.2, 0) is 0 Å². The van der Waals surface area contributed by atoms with Gasteiger partial charge in [0.25, 0.3) is 0 Å². The van der Waals surface area contributed by atoms with E-state index in [0.29, 0.717) is 6.61 Å². The van der Waals surface area contributed by atoms with E-state index in [-0.39, 0.29) is 0 Å². The van der Waals surface area contributed by atoms with Crippen LogP contribution in [0, 0.1) is 6.92 Å². The van der Waals surface area contributed by atoms with E-state index in [1.165, 1.54) is 0 Å². The number of aromatic nitrogens is 2. The molecule has 0 amide bonds. The number of rotatable bonds is 3. The Balaban J connectivity index is 2.18. The Kier molecular flexibility index (Phi) is 3.06. The third-order valence-electron chi connectivity index (χ3n) is 3.23. The predicted octanol–water partition coefficient (Wildman–Crippen LogP) is 3.31. The van der Waals surface area contributed by atoms with Crippen molar-refractivity contribution < 1.29 is 4.74 Å². The molecule has 0 aliphatic heterocycles. The second-order valence-corrected chi connectivity index (χ2v) is 4.67. The smallest absolute Gasteiger partial charge is 0.121 e. The highest BCUT2D eigenvalue weighted by Gasteiger charge is 2.10. The third kappa shape index (κ3) is 2.09. The number of benzene rings is 2. The van der Waals surface area contributed by atoms with Gasteiger partial charge in [0.1, 0.15) is 11.6 Å². The van der Waals surface area contributed by atoms with Gasteiger partial charge in [-0.3, -0.25) is 4.57 Å². The molecule has 4 nitrogen and oxygen atoms in total. The van der Waals surface area contributed by atoms with Crippen LogP contribution in [0.2, 0.25) is 0 Å². The van der Waals surface area contributed by atoms with Gasteiger partial charge >= 0.3 is 0 Å². The van der Waals surface area contributed by atoms with Crippen molar-refractivity contribution in [3.05, 3.63) is 48.3 Å². The first-order chi connectivity index (χ1) is 9.69.